The Morgan fingerprint density at radius 3 is 2.80 bits per heavy atom. The lowest BCUT2D eigenvalue weighted by molar-refractivity contribution is 0.352. The second-order valence-corrected chi connectivity index (χ2v) is 7.06. The van der Waals surface area contributed by atoms with Gasteiger partial charge in [-0.1, -0.05) is 30.1 Å². The van der Waals surface area contributed by atoms with Crippen LogP contribution in [0.25, 0.3) is 10.6 Å². The fourth-order valence-corrected chi connectivity index (χ4v) is 3.87. The van der Waals surface area contributed by atoms with Crippen LogP contribution in [-0.2, 0) is 12.0 Å². The second-order valence-electron chi connectivity index (χ2n) is 6.21. The molecule has 1 fully saturated rings. The molecule has 2 heterocycles. The van der Waals surface area contributed by atoms with E-state index in [4.69, 9.17) is 10.3 Å². The average molecular weight is 381 g/mol. The number of nitrogens with two attached hydrogens (primary N) is 1. The zero-order chi connectivity index (χ0) is 16.6. The summed E-state index contributed by atoms with van der Waals surface area (Å²) in [7, 11) is 0. The van der Waals surface area contributed by atoms with Gasteiger partial charge in [-0.15, -0.1) is 23.7 Å². The number of hydrogen-bond acceptors (Lipinski definition) is 6. The third-order valence-corrected chi connectivity index (χ3v) is 5.31. The molecule has 1 aliphatic rings. The Kier molecular flexibility index (Phi) is 5.17. The Hall–Kier alpha value is -1.83. The van der Waals surface area contributed by atoms with E-state index in [1.54, 1.807) is 6.07 Å². The Balaban J connectivity index is 0.00000182. The monoisotopic (exact) mass is 380 g/mol. The van der Waals surface area contributed by atoms with E-state index < -0.39 is 5.54 Å². The van der Waals surface area contributed by atoms with E-state index in [0.29, 0.717) is 18.1 Å². The molecule has 0 radical (unpaired) electrons. The molecule has 8 heteroatoms. The number of halogens is 2. The number of nitrogens with zero attached hydrogens (tertiary/aromatic N) is 3. The Morgan fingerprint density at radius 1 is 1.24 bits per heavy atom. The molecule has 0 bridgehead atoms. The van der Waals surface area contributed by atoms with Gasteiger partial charge in [0.2, 0.25) is 5.89 Å². The van der Waals surface area contributed by atoms with Gasteiger partial charge >= 0.3 is 0 Å². The standard InChI is InChI=1S/C17H17FN4OS.ClH/c18-12-5-3-4-11(8-12)15-20-13(10-24-15)9-14-21-16(22-23-14)17(19)6-1-2-7-17;/h3-5,8,10H,1-2,6-7,9,19H2;1H. The summed E-state index contributed by atoms with van der Waals surface area (Å²) < 4.78 is 18.7. The van der Waals surface area contributed by atoms with Crippen LogP contribution in [0.2, 0.25) is 0 Å². The Morgan fingerprint density at radius 2 is 2.04 bits per heavy atom. The largest absolute Gasteiger partial charge is 0.339 e. The highest BCUT2D eigenvalue weighted by Gasteiger charge is 2.35. The van der Waals surface area contributed by atoms with Crippen molar-refractivity contribution in [2.24, 2.45) is 5.73 Å². The fraction of sp³-hybridized carbons (Fsp3) is 0.353. The van der Waals surface area contributed by atoms with Crippen molar-refractivity contribution in [2.45, 2.75) is 37.6 Å². The summed E-state index contributed by atoms with van der Waals surface area (Å²) in [5.74, 6) is 0.837. The topological polar surface area (TPSA) is 77.8 Å². The molecular formula is C17H18ClFN4OS. The highest BCUT2D eigenvalue weighted by molar-refractivity contribution is 7.13. The highest BCUT2D eigenvalue weighted by Crippen LogP contribution is 2.34. The zero-order valence-electron chi connectivity index (χ0n) is 13.4. The van der Waals surface area contributed by atoms with E-state index in [-0.39, 0.29) is 18.2 Å². The molecule has 4 rings (SSSR count). The molecule has 3 aromatic rings. The van der Waals surface area contributed by atoms with Crippen LogP contribution in [0.4, 0.5) is 4.39 Å². The molecule has 0 amide bonds. The quantitative estimate of drug-likeness (QED) is 0.738. The zero-order valence-corrected chi connectivity index (χ0v) is 15.1. The number of thiazole rings is 1. The number of benzene rings is 1. The van der Waals surface area contributed by atoms with Crippen LogP contribution in [-0.4, -0.2) is 15.1 Å². The molecule has 1 aliphatic carbocycles. The summed E-state index contributed by atoms with van der Waals surface area (Å²) in [5, 5.41) is 6.76. The Labute approximate surface area is 154 Å². The summed E-state index contributed by atoms with van der Waals surface area (Å²) in [4.78, 5) is 8.99. The van der Waals surface area contributed by atoms with E-state index in [9.17, 15) is 4.39 Å². The Bertz CT molecular complexity index is 860. The molecule has 0 unspecified atom stereocenters. The van der Waals surface area contributed by atoms with Crippen LogP contribution in [0.5, 0.6) is 0 Å². The molecule has 132 valence electrons. The third kappa shape index (κ3) is 3.73. The van der Waals surface area contributed by atoms with Gasteiger partial charge in [0.1, 0.15) is 10.8 Å². The number of hydrogen-bond donors (Lipinski definition) is 1. The summed E-state index contributed by atoms with van der Waals surface area (Å²) in [5.41, 5.74) is 7.49. The second kappa shape index (κ2) is 7.19. The molecule has 2 aromatic heterocycles. The van der Waals surface area contributed by atoms with Crippen molar-refractivity contribution in [1.82, 2.24) is 15.1 Å². The normalized spacial score (nSPS) is 15.9. The fourth-order valence-electron chi connectivity index (χ4n) is 3.06. The van der Waals surface area contributed by atoms with E-state index in [1.807, 2.05) is 11.4 Å². The maximum atomic E-state index is 13.3. The number of rotatable bonds is 4. The van der Waals surface area contributed by atoms with Gasteiger partial charge in [0.25, 0.3) is 0 Å². The van der Waals surface area contributed by atoms with E-state index >= 15 is 0 Å². The van der Waals surface area contributed by atoms with Crippen LogP contribution in [0.15, 0.2) is 34.2 Å². The molecule has 0 saturated heterocycles. The van der Waals surface area contributed by atoms with Crippen LogP contribution < -0.4 is 5.73 Å². The molecule has 0 atom stereocenters. The predicted octanol–water partition coefficient (Wildman–Crippen LogP) is 4.07. The van der Waals surface area contributed by atoms with E-state index in [0.717, 1.165) is 41.9 Å². The van der Waals surface area contributed by atoms with Gasteiger partial charge in [0.15, 0.2) is 5.82 Å². The minimum absolute atomic E-state index is 0. The SMILES string of the molecule is Cl.NC1(c2noc(Cc3csc(-c4cccc(F)c4)n3)n2)CCCC1. The summed E-state index contributed by atoms with van der Waals surface area (Å²) in [6, 6.07) is 6.42. The third-order valence-electron chi connectivity index (χ3n) is 4.36. The maximum absolute atomic E-state index is 13.3. The van der Waals surface area contributed by atoms with Crippen molar-refractivity contribution in [3.8, 4) is 10.6 Å². The van der Waals surface area contributed by atoms with Gasteiger partial charge < -0.3 is 10.3 Å². The first-order valence-electron chi connectivity index (χ1n) is 7.95. The maximum Gasteiger partial charge on any atom is 0.232 e. The van der Waals surface area contributed by atoms with Crippen molar-refractivity contribution < 1.29 is 8.91 Å². The van der Waals surface area contributed by atoms with Crippen molar-refractivity contribution in [1.29, 1.82) is 0 Å². The molecule has 25 heavy (non-hydrogen) atoms. The van der Waals surface area contributed by atoms with Crippen molar-refractivity contribution in [3.05, 3.63) is 52.9 Å². The predicted molar refractivity (Wildman–Crippen MR) is 96.2 cm³/mol. The lowest BCUT2D eigenvalue weighted by atomic mass is 9.99. The molecular weight excluding hydrogens is 363 g/mol. The van der Waals surface area contributed by atoms with Gasteiger partial charge in [-0.2, -0.15) is 4.98 Å². The van der Waals surface area contributed by atoms with Gasteiger partial charge in [0, 0.05) is 10.9 Å². The van der Waals surface area contributed by atoms with Crippen LogP contribution >= 0.6 is 23.7 Å². The van der Waals surface area contributed by atoms with Gasteiger partial charge in [-0.25, -0.2) is 9.37 Å². The van der Waals surface area contributed by atoms with Gasteiger partial charge in [0.05, 0.1) is 17.7 Å². The highest BCUT2D eigenvalue weighted by atomic mass is 35.5. The summed E-state index contributed by atoms with van der Waals surface area (Å²) in [6.45, 7) is 0. The van der Waals surface area contributed by atoms with Gasteiger partial charge in [-0.3, -0.25) is 0 Å². The lowest BCUT2D eigenvalue weighted by Gasteiger charge is -2.17. The first-order valence-corrected chi connectivity index (χ1v) is 8.83. The number of aromatic nitrogens is 3. The smallest absolute Gasteiger partial charge is 0.232 e. The molecule has 0 aliphatic heterocycles. The van der Waals surface area contributed by atoms with Crippen LogP contribution in [0.1, 0.15) is 43.1 Å². The summed E-state index contributed by atoms with van der Waals surface area (Å²) in [6.07, 6.45) is 4.45. The molecule has 1 aromatic carbocycles. The minimum Gasteiger partial charge on any atom is -0.339 e. The lowest BCUT2D eigenvalue weighted by Crippen LogP contribution is -2.34. The van der Waals surface area contributed by atoms with Crippen molar-refractivity contribution >= 4 is 23.7 Å². The molecule has 0 spiro atoms. The minimum atomic E-state index is -0.448. The van der Waals surface area contributed by atoms with Crippen LogP contribution in [0.3, 0.4) is 0 Å². The summed E-state index contributed by atoms with van der Waals surface area (Å²) >= 11 is 1.47. The first kappa shape index (κ1) is 18.0. The van der Waals surface area contributed by atoms with Crippen LogP contribution in [0, 0.1) is 5.82 Å². The molecule has 1 saturated carbocycles. The molecule has 5 nitrogen and oxygen atoms in total. The first-order chi connectivity index (χ1) is 11.6. The average Bonchev–Trinajstić information content (AvgIpc) is 3.29. The van der Waals surface area contributed by atoms with Crippen molar-refractivity contribution in [3.63, 3.8) is 0 Å². The molecule has 2 N–H and O–H groups in total. The van der Waals surface area contributed by atoms with Gasteiger partial charge in [-0.05, 0) is 25.0 Å². The van der Waals surface area contributed by atoms with E-state index in [2.05, 4.69) is 15.1 Å². The van der Waals surface area contributed by atoms with Crippen molar-refractivity contribution in [2.75, 3.05) is 0 Å². The van der Waals surface area contributed by atoms with E-state index in [1.165, 1.54) is 23.5 Å².